The Bertz CT molecular complexity index is 873. The molecule has 0 aliphatic carbocycles. The van der Waals surface area contributed by atoms with Gasteiger partial charge in [-0.05, 0) is 17.7 Å². The zero-order valence-electron chi connectivity index (χ0n) is 13.7. The largest absolute Gasteiger partial charge is 0.359 e. The number of amides is 2. The summed E-state index contributed by atoms with van der Waals surface area (Å²) in [6, 6.07) is 17.0. The molecular weight excluding hydrogens is 334 g/mol. The molecule has 0 radical (unpaired) electrons. The van der Waals surface area contributed by atoms with E-state index >= 15 is 0 Å². The highest BCUT2D eigenvalue weighted by Crippen LogP contribution is 2.23. The van der Waals surface area contributed by atoms with Crippen LogP contribution in [0.25, 0.3) is 10.6 Å². The molecule has 0 aliphatic heterocycles. The van der Waals surface area contributed by atoms with Crippen LogP contribution in [0, 0.1) is 0 Å². The first-order valence-corrected chi connectivity index (χ1v) is 8.65. The Morgan fingerprint density at radius 2 is 1.76 bits per heavy atom. The summed E-state index contributed by atoms with van der Waals surface area (Å²) in [5.74, 6) is -0.301. The second-order valence-corrected chi connectivity index (χ2v) is 6.26. The van der Waals surface area contributed by atoms with Gasteiger partial charge in [-0.3, -0.25) is 9.59 Å². The topological polar surface area (TPSA) is 71.1 Å². The second-order valence-electron chi connectivity index (χ2n) is 5.40. The minimum atomic E-state index is -0.252. The average molecular weight is 351 g/mol. The third-order valence-corrected chi connectivity index (χ3v) is 4.50. The summed E-state index contributed by atoms with van der Waals surface area (Å²) in [5, 5.41) is 7.96. The average Bonchev–Trinajstić information content (AvgIpc) is 3.14. The van der Waals surface area contributed by atoms with Crippen molar-refractivity contribution in [1.82, 2.24) is 10.3 Å². The maximum absolute atomic E-state index is 12.3. The van der Waals surface area contributed by atoms with Gasteiger partial charge >= 0.3 is 0 Å². The van der Waals surface area contributed by atoms with Gasteiger partial charge in [-0.2, -0.15) is 0 Å². The Balaban J connectivity index is 1.66. The van der Waals surface area contributed by atoms with Crippen molar-refractivity contribution in [3.63, 3.8) is 0 Å². The van der Waals surface area contributed by atoms with Crippen LogP contribution < -0.4 is 10.6 Å². The number of aromatic nitrogens is 1. The Morgan fingerprint density at radius 3 is 2.44 bits per heavy atom. The first kappa shape index (κ1) is 16.9. The summed E-state index contributed by atoms with van der Waals surface area (Å²) in [5.41, 5.74) is 2.93. The Morgan fingerprint density at radius 1 is 1.04 bits per heavy atom. The van der Waals surface area contributed by atoms with Gasteiger partial charge < -0.3 is 10.6 Å². The number of anilines is 1. The lowest BCUT2D eigenvalue weighted by Gasteiger charge is -2.05. The van der Waals surface area contributed by atoms with Gasteiger partial charge in [-0.1, -0.05) is 42.5 Å². The summed E-state index contributed by atoms with van der Waals surface area (Å²) >= 11 is 1.44. The predicted molar refractivity (Wildman–Crippen MR) is 99.7 cm³/mol. The highest BCUT2D eigenvalue weighted by molar-refractivity contribution is 7.13. The zero-order chi connectivity index (χ0) is 17.6. The van der Waals surface area contributed by atoms with Gasteiger partial charge in [0.15, 0.2) is 0 Å². The summed E-state index contributed by atoms with van der Waals surface area (Å²) < 4.78 is 0. The quantitative estimate of drug-likeness (QED) is 0.740. The minimum Gasteiger partial charge on any atom is -0.359 e. The third kappa shape index (κ3) is 4.30. The smallest absolute Gasteiger partial charge is 0.275 e. The normalized spacial score (nSPS) is 10.3. The lowest BCUT2D eigenvalue weighted by Crippen LogP contribution is -2.19. The van der Waals surface area contributed by atoms with Crippen LogP contribution in [0.1, 0.15) is 16.1 Å². The van der Waals surface area contributed by atoms with Gasteiger partial charge in [0.05, 0.1) is 6.42 Å². The molecule has 0 saturated carbocycles. The molecule has 3 aromatic rings. The minimum absolute atomic E-state index is 0.0484. The van der Waals surface area contributed by atoms with Gasteiger partial charge in [0.1, 0.15) is 10.7 Å². The highest BCUT2D eigenvalue weighted by Gasteiger charge is 2.12. The van der Waals surface area contributed by atoms with E-state index in [1.807, 2.05) is 42.5 Å². The van der Waals surface area contributed by atoms with E-state index in [4.69, 9.17) is 0 Å². The molecule has 5 nitrogen and oxygen atoms in total. The van der Waals surface area contributed by atoms with Gasteiger partial charge in [0, 0.05) is 23.7 Å². The fourth-order valence-corrected chi connectivity index (χ4v) is 3.07. The first-order valence-electron chi connectivity index (χ1n) is 7.77. The van der Waals surface area contributed by atoms with Crippen LogP contribution in [0.3, 0.4) is 0 Å². The van der Waals surface area contributed by atoms with Crippen LogP contribution >= 0.6 is 11.3 Å². The molecule has 2 aromatic carbocycles. The molecule has 1 heterocycles. The second kappa shape index (κ2) is 7.72. The molecule has 2 amide bonds. The molecule has 25 heavy (non-hydrogen) atoms. The Labute approximate surface area is 149 Å². The van der Waals surface area contributed by atoms with E-state index in [1.165, 1.54) is 11.3 Å². The van der Waals surface area contributed by atoms with Crippen LogP contribution in [0.2, 0.25) is 0 Å². The number of hydrogen-bond donors (Lipinski definition) is 2. The van der Waals surface area contributed by atoms with E-state index in [-0.39, 0.29) is 11.8 Å². The van der Waals surface area contributed by atoms with Crippen molar-refractivity contribution >= 4 is 28.8 Å². The number of rotatable bonds is 5. The Hall–Kier alpha value is -2.99. The number of carbonyl (C=O) groups is 2. The Kier molecular flexibility index (Phi) is 5.20. The number of carbonyl (C=O) groups excluding carboxylic acids is 2. The first-order chi connectivity index (χ1) is 12.2. The van der Waals surface area contributed by atoms with E-state index in [0.29, 0.717) is 17.8 Å². The van der Waals surface area contributed by atoms with Crippen molar-refractivity contribution in [2.45, 2.75) is 6.42 Å². The van der Waals surface area contributed by atoms with Crippen molar-refractivity contribution in [2.24, 2.45) is 0 Å². The van der Waals surface area contributed by atoms with E-state index < -0.39 is 0 Å². The molecule has 0 saturated heterocycles. The molecule has 3 rings (SSSR count). The molecule has 0 atom stereocenters. The van der Waals surface area contributed by atoms with Crippen molar-refractivity contribution in [3.05, 3.63) is 71.2 Å². The van der Waals surface area contributed by atoms with E-state index in [1.54, 1.807) is 24.6 Å². The summed E-state index contributed by atoms with van der Waals surface area (Å²) in [6.07, 6.45) is 0.317. The van der Waals surface area contributed by atoms with Crippen molar-refractivity contribution in [2.75, 3.05) is 12.4 Å². The monoisotopic (exact) mass is 351 g/mol. The number of likely N-dealkylation sites (N-methyl/N-ethyl adjacent to an activating group) is 1. The standard InChI is InChI=1S/C19H17N3O2S/c1-20-17(23)11-13-7-9-15(10-8-13)21-18(24)16-12-25-19(22-16)14-5-3-2-4-6-14/h2-10,12H,11H2,1H3,(H,20,23)(H,21,24). The molecule has 0 bridgehead atoms. The van der Waals surface area contributed by atoms with Crippen LogP contribution in [0.4, 0.5) is 5.69 Å². The van der Waals surface area contributed by atoms with Crippen LogP contribution in [0.15, 0.2) is 60.0 Å². The number of hydrogen-bond acceptors (Lipinski definition) is 4. The van der Waals surface area contributed by atoms with Crippen LogP contribution in [0.5, 0.6) is 0 Å². The summed E-state index contributed by atoms with van der Waals surface area (Å²) in [7, 11) is 1.61. The van der Waals surface area contributed by atoms with Crippen molar-refractivity contribution in [3.8, 4) is 10.6 Å². The van der Waals surface area contributed by atoms with Crippen molar-refractivity contribution < 1.29 is 9.59 Å². The lowest BCUT2D eigenvalue weighted by atomic mass is 10.1. The van der Waals surface area contributed by atoms with Gasteiger partial charge in [-0.15, -0.1) is 11.3 Å². The number of nitrogens with zero attached hydrogens (tertiary/aromatic N) is 1. The molecule has 2 N–H and O–H groups in total. The van der Waals surface area contributed by atoms with Gasteiger partial charge in [0.2, 0.25) is 5.91 Å². The number of benzene rings is 2. The molecule has 0 spiro atoms. The fourth-order valence-electron chi connectivity index (χ4n) is 2.27. The van der Waals surface area contributed by atoms with E-state index in [0.717, 1.165) is 16.1 Å². The number of nitrogens with one attached hydrogen (secondary N) is 2. The molecule has 1 aromatic heterocycles. The predicted octanol–water partition coefficient (Wildman–Crippen LogP) is 3.35. The van der Waals surface area contributed by atoms with Crippen LogP contribution in [-0.2, 0) is 11.2 Å². The van der Waals surface area contributed by atoms with Crippen molar-refractivity contribution in [1.29, 1.82) is 0 Å². The van der Waals surface area contributed by atoms with Gasteiger partial charge in [-0.25, -0.2) is 4.98 Å². The maximum atomic E-state index is 12.3. The molecule has 6 heteroatoms. The molecular formula is C19H17N3O2S. The molecule has 0 unspecified atom stereocenters. The number of thiazole rings is 1. The van der Waals surface area contributed by atoms with Gasteiger partial charge in [0.25, 0.3) is 5.91 Å². The maximum Gasteiger partial charge on any atom is 0.275 e. The molecule has 126 valence electrons. The summed E-state index contributed by atoms with van der Waals surface area (Å²) in [6.45, 7) is 0. The SMILES string of the molecule is CNC(=O)Cc1ccc(NC(=O)c2csc(-c3ccccc3)n2)cc1. The fraction of sp³-hybridized carbons (Fsp3) is 0.105. The summed E-state index contributed by atoms with van der Waals surface area (Å²) in [4.78, 5) is 28.1. The highest BCUT2D eigenvalue weighted by atomic mass is 32.1. The zero-order valence-corrected chi connectivity index (χ0v) is 14.5. The van der Waals surface area contributed by atoms with E-state index in [2.05, 4.69) is 15.6 Å². The molecule has 0 aliphatic rings. The third-order valence-electron chi connectivity index (χ3n) is 3.61. The van der Waals surface area contributed by atoms with E-state index in [9.17, 15) is 9.59 Å². The molecule has 0 fully saturated rings. The lowest BCUT2D eigenvalue weighted by molar-refractivity contribution is -0.119. The van der Waals surface area contributed by atoms with Crippen LogP contribution in [-0.4, -0.2) is 23.8 Å².